The van der Waals surface area contributed by atoms with Crippen LogP contribution in [0.4, 0.5) is 0 Å². The fourth-order valence-electron chi connectivity index (χ4n) is 3.42. The lowest BCUT2D eigenvalue weighted by atomic mass is 9.97. The summed E-state index contributed by atoms with van der Waals surface area (Å²) in [6, 6.07) is 14.4. The van der Waals surface area contributed by atoms with Crippen molar-refractivity contribution in [2.75, 3.05) is 18.1 Å². The smallest absolute Gasteiger partial charge is 0.177 e. The van der Waals surface area contributed by atoms with Crippen molar-refractivity contribution >= 4 is 28.4 Å². The molecule has 0 spiro atoms. The minimum Gasteiger partial charge on any atom is -0.493 e. The number of nitrogens with zero attached hydrogens (tertiary/aromatic N) is 1. The van der Waals surface area contributed by atoms with Gasteiger partial charge in [0.1, 0.15) is 5.75 Å². The molecule has 2 aromatic carbocycles. The van der Waals surface area contributed by atoms with E-state index in [1.807, 2.05) is 30.1 Å². The Morgan fingerprint density at radius 1 is 1.14 bits per heavy atom. The molecule has 1 atom stereocenters. The number of carbonyl (C=O) groups is 1. The summed E-state index contributed by atoms with van der Waals surface area (Å²) in [5.41, 5.74) is 10.2. The molecule has 1 heterocycles. The summed E-state index contributed by atoms with van der Waals surface area (Å²) < 4.78 is 5.82. The molecular weight excluding hydrogens is 463 g/mol. The van der Waals surface area contributed by atoms with E-state index in [9.17, 15) is 4.79 Å². The van der Waals surface area contributed by atoms with Gasteiger partial charge in [-0.3, -0.25) is 9.69 Å². The summed E-state index contributed by atoms with van der Waals surface area (Å²) in [5, 5.41) is 0. The van der Waals surface area contributed by atoms with E-state index in [1.54, 1.807) is 0 Å². The van der Waals surface area contributed by atoms with Crippen LogP contribution in [0.1, 0.15) is 52.9 Å². The Labute approximate surface area is 181 Å². The van der Waals surface area contributed by atoms with Gasteiger partial charge in [0.05, 0.1) is 13.2 Å². The Morgan fingerprint density at radius 2 is 1.86 bits per heavy atom. The second-order valence-electron chi connectivity index (χ2n) is 7.67. The van der Waals surface area contributed by atoms with Gasteiger partial charge < -0.3 is 10.5 Å². The van der Waals surface area contributed by atoms with Gasteiger partial charge in [0.15, 0.2) is 5.78 Å². The highest BCUT2D eigenvalue weighted by Gasteiger charge is 2.25. The number of benzene rings is 2. The Bertz CT molecular complexity index is 801. The van der Waals surface area contributed by atoms with Gasteiger partial charge in [0, 0.05) is 24.7 Å². The molecule has 28 heavy (non-hydrogen) atoms. The molecule has 1 aliphatic carbocycles. The molecule has 1 fully saturated rings. The number of hydrogen-bond donors (Lipinski definition) is 1. The number of alkyl halides is 1. The average Bonchev–Trinajstić information content (AvgIpc) is 3.53. The molecule has 5 heteroatoms. The number of fused-ring (bicyclic) bond motifs is 1. The zero-order valence-corrected chi connectivity index (χ0v) is 18.8. The largest absolute Gasteiger partial charge is 0.493 e. The number of ketones is 1. The molecule has 0 aromatic heterocycles. The van der Waals surface area contributed by atoms with Crippen LogP contribution in [0, 0.1) is 5.92 Å². The standard InChI is InChI=1S/C22H26N2O2.CH3I/c1-15(23)18-6-4-16(5-7-18)11-24-12-19-8-9-20(26-14-17-2-3-17)10-21(19)22(25)13-24;1-2/h4-10,15,17H,2-3,11-14,23H2,1H3;1H3/t15-;/m0./s1. The quantitative estimate of drug-likeness (QED) is 0.468. The molecule has 4 nitrogen and oxygen atoms in total. The van der Waals surface area contributed by atoms with Gasteiger partial charge in [0.2, 0.25) is 0 Å². The van der Waals surface area contributed by atoms with Crippen molar-refractivity contribution in [2.24, 2.45) is 11.7 Å². The van der Waals surface area contributed by atoms with Crippen molar-refractivity contribution < 1.29 is 9.53 Å². The highest BCUT2D eigenvalue weighted by atomic mass is 127. The SMILES string of the molecule is CI.C[C@H](N)c1ccc(CN2CC(=O)c3cc(OCC4CC4)ccc3C2)cc1. The van der Waals surface area contributed by atoms with Gasteiger partial charge in [-0.2, -0.15) is 0 Å². The fourth-order valence-corrected chi connectivity index (χ4v) is 3.42. The topological polar surface area (TPSA) is 55.6 Å². The molecule has 2 aromatic rings. The van der Waals surface area contributed by atoms with E-state index < -0.39 is 0 Å². The number of halogens is 1. The third-order valence-corrected chi connectivity index (χ3v) is 5.24. The predicted octanol–water partition coefficient (Wildman–Crippen LogP) is 4.74. The zero-order valence-electron chi connectivity index (χ0n) is 16.7. The zero-order chi connectivity index (χ0) is 20.1. The molecule has 2 N–H and O–H groups in total. The molecule has 150 valence electrons. The molecule has 1 aliphatic heterocycles. The van der Waals surface area contributed by atoms with Gasteiger partial charge in [-0.25, -0.2) is 0 Å². The summed E-state index contributed by atoms with van der Waals surface area (Å²) in [5.74, 6) is 1.71. The van der Waals surface area contributed by atoms with Crippen LogP contribution < -0.4 is 10.5 Å². The van der Waals surface area contributed by atoms with Gasteiger partial charge in [-0.15, -0.1) is 0 Å². The lowest BCUT2D eigenvalue weighted by Gasteiger charge is -2.28. The third-order valence-electron chi connectivity index (χ3n) is 5.24. The van der Waals surface area contributed by atoms with Crippen LogP contribution in [0.15, 0.2) is 42.5 Å². The molecule has 0 saturated heterocycles. The molecule has 0 radical (unpaired) electrons. The van der Waals surface area contributed by atoms with Crippen LogP contribution in [0.5, 0.6) is 5.75 Å². The van der Waals surface area contributed by atoms with Crippen molar-refractivity contribution in [1.29, 1.82) is 0 Å². The van der Waals surface area contributed by atoms with E-state index in [2.05, 4.69) is 51.8 Å². The number of hydrogen-bond acceptors (Lipinski definition) is 4. The second-order valence-corrected chi connectivity index (χ2v) is 7.67. The van der Waals surface area contributed by atoms with Crippen LogP contribution in [-0.2, 0) is 13.1 Å². The minimum absolute atomic E-state index is 0.0452. The van der Waals surface area contributed by atoms with Crippen LogP contribution in [0.3, 0.4) is 0 Å². The van der Waals surface area contributed by atoms with Crippen LogP contribution >= 0.6 is 22.6 Å². The normalized spacial score (nSPS) is 17.4. The van der Waals surface area contributed by atoms with E-state index in [-0.39, 0.29) is 11.8 Å². The first kappa shape index (κ1) is 21.3. The van der Waals surface area contributed by atoms with Crippen molar-refractivity contribution in [3.8, 4) is 5.75 Å². The molecule has 1 saturated carbocycles. The highest BCUT2D eigenvalue weighted by molar-refractivity contribution is 14.1. The lowest BCUT2D eigenvalue weighted by Crippen LogP contribution is -2.34. The number of nitrogens with two attached hydrogens (primary N) is 1. The van der Waals surface area contributed by atoms with E-state index in [0.717, 1.165) is 42.1 Å². The van der Waals surface area contributed by atoms with Gasteiger partial charge in [-0.1, -0.05) is 52.9 Å². The molecule has 4 rings (SSSR count). The van der Waals surface area contributed by atoms with Crippen molar-refractivity contribution in [2.45, 2.75) is 38.9 Å². The molecule has 0 unspecified atom stereocenters. The second kappa shape index (κ2) is 9.85. The number of ether oxygens (including phenoxy) is 1. The maximum atomic E-state index is 12.6. The summed E-state index contributed by atoms with van der Waals surface area (Å²) in [6.07, 6.45) is 2.54. The minimum atomic E-state index is 0.0452. The Kier molecular flexibility index (Phi) is 7.48. The fraction of sp³-hybridized carbons (Fsp3) is 0.435. The number of carbonyl (C=O) groups excluding carboxylic acids is 1. The van der Waals surface area contributed by atoms with E-state index in [1.165, 1.54) is 18.4 Å². The molecule has 0 bridgehead atoms. The van der Waals surface area contributed by atoms with E-state index in [0.29, 0.717) is 12.5 Å². The van der Waals surface area contributed by atoms with Gasteiger partial charge in [-0.05, 0) is 59.4 Å². The summed E-state index contributed by atoms with van der Waals surface area (Å²) >= 11 is 2.15. The Hall–Kier alpha value is -1.44. The first-order chi connectivity index (χ1) is 13.6. The predicted molar refractivity (Wildman–Crippen MR) is 122 cm³/mol. The Balaban J connectivity index is 0.00000109. The number of Topliss-reactive ketones (excluding diaryl/α,β-unsaturated/α-hetero) is 1. The van der Waals surface area contributed by atoms with Crippen LogP contribution in [0.25, 0.3) is 0 Å². The van der Waals surface area contributed by atoms with Gasteiger partial charge in [0.25, 0.3) is 0 Å². The molecule has 2 aliphatic rings. The number of rotatable bonds is 6. The van der Waals surface area contributed by atoms with Crippen LogP contribution in [0.2, 0.25) is 0 Å². The van der Waals surface area contributed by atoms with Crippen molar-refractivity contribution in [3.63, 3.8) is 0 Å². The van der Waals surface area contributed by atoms with E-state index in [4.69, 9.17) is 10.5 Å². The molecular formula is C23H29IN2O2. The highest BCUT2D eigenvalue weighted by Crippen LogP contribution is 2.31. The Morgan fingerprint density at radius 3 is 2.50 bits per heavy atom. The maximum absolute atomic E-state index is 12.6. The maximum Gasteiger partial charge on any atom is 0.177 e. The lowest BCUT2D eigenvalue weighted by molar-refractivity contribution is 0.0894. The third kappa shape index (κ3) is 5.55. The van der Waals surface area contributed by atoms with E-state index >= 15 is 0 Å². The van der Waals surface area contributed by atoms with Crippen molar-refractivity contribution in [3.05, 3.63) is 64.7 Å². The van der Waals surface area contributed by atoms with Crippen LogP contribution in [-0.4, -0.2) is 28.8 Å². The summed E-state index contributed by atoms with van der Waals surface area (Å²) in [6.45, 7) is 4.77. The first-order valence-corrected chi connectivity index (χ1v) is 12.0. The monoisotopic (exact) mass is 492 g/mol. The first-order valence-electron chi connectivity index (χ1n) is 9.82. The van der Waals surface area contributed by atoms with Gasteiger partial charge >= 0.3 is 0 Å². The summed E-state index contributed by atoms with van der Waals surface area (Å²) in [7, 11) is 0. The van der Waals surface area contributed by atoms with Crippen molar-refractivity contribution in [1.82, 2.24) is 4.90 Å². The summed E-state index contributed by atoms with van der Waals surface area (Å²) in [4.78, 5) is 16.8. The average molecular weight is 492 g/mol. The molecule has 0 amide bonds.